The predicted octanol–water partition coefficient (Wildman–Crippen LogP) is 3.54. The van der Waals surface area contributed by atoms with Gasteiger partial charge in [-0.2, -0.15) is 4.31 Å². The number of carbonyl (C=O) groups excluding carboxylic acids is 1. The van der Waals surface area contributed by atoms with E-state index in [2.05, 4.69) is 5.32 Å². The largest absolute Gasteiger partial charge is 0.493 e. The molecule has 0 unspecified atom stereocenters. The minimum Gasteiger partial charge on any atom is -0.493 e. The van der Waals surface area contributed by atoms with E-state index >= 15 is 0 Å². The topological polar surface area (TPSA) is 94.2 Å². The summed E-state index contributed by atoms with van der Waals surface area (Å²) in [5, 5.41) is 2.57. The van der Waals surface area contributed by atoms with Gasteiger partial charge in [0.05, 0.1) is 31.2 Å². The van der Waals surface area contributed by atoms with E-state index in [1.807, 2.05) is 0 Å². The van der Waals surface area contributed by atoms with Crippen LogP contribution in [0.1, 0.15) is 12.8 Å². The van der Waals surface area contributed by atoms with Crippen LogP contribution >= 0.6 is 11.6 Å². The summed E-state index contributed by atoms with van der Waals surface area (Å²) in [5.41, 5.74) is 0.473. The average Bonchev–Trinajstić information content (AvgIpc) is 2.80. The average molecular weight is 487 g/mol. The van der Waals surface area contributed by atoms with Gasteiger partial charge in [-0.05, 0) is 31.0 Å². The van der Waals surface area contributed by atoms with Crippen LogP contribution in [0.25, 0.3) is 0 Å². The number of rotatable bonds is 7. The minimum absolute atomic E-state index is 0.0794. The van der Waals surface area contributed by atoms with Gasteiger partial charge in [0.15, 0.2) is 11.5 Å². The zero-order chi connectivity index (χ0) is 23.5. The van der Waals surface area contributed by atoms with Crippen LogP contribution in [0.3, 0.4) is 0 Å². The van der Waals surface area contributed by atoms with E-state index in [-0.39, 0.29) is 34.8 Å². The highest BCUT2D eigenvalue weighted by Crippen LogP contribution is 2.40. The van der Waals surface area contributed by atoms with Crippen LogP contribution in [0, 0.1) is 11.7 Å². The summed E-state index contributed by atoms with van der Waals surface area (Å²) in [6.45, 7) is 0.315. The summed E-state index contributed by atoms with van der Waals surface area (Å²) >= 11 is 5.73. The second kappa shape index (κ2) is 9.93. The Labute approximate surface area is 191 Å². The first-order valence-corrected chi connectivity index (χ1v) is 11.6. The fraction of sp³-hybridized carbons (Fsp3) is 0.381. The van der Waals surface area contributed by atoms with E-state index in [0.717, 1.165) is 12.1 Å². The molecule has 1 amide bonds. The van der Waals surface area contributed by atoms with Gasteiger partial charge in [0.25, 0.3) is 0 Å². The van der Waals surface area contributed by atoms with Crippen molar-refractivity contribution in [2.75, 3.05) is 39.7 Å². The fourth-order valence-electron chi connectivity index (χ4n) is 3.54. The fourth-order valence-corrected chi connectivity index (χ4v) is 5.28. The molecule has 8 nitrogen and oxygen atoms in total. The van der Waals surface area contributed by atoms with Gasteiger partial charge >= 0.3 is 0 Å². The van der Waals surface area contributed by atoms with E-state index in [0.29, 0.717) is 35.8 Å². The van der Waals surface area contributed by atoms with Crippen LogP contribution in [-0.4, -0.2) is 53.0 Å². The molecular formula is C21H24ClFN2O6S. The maximum Gasteiger partial charge on any atom is 0.243 e. The lowest BCUT2D eigenvalue weighted by atomic mass is 9.97. The molecule has 0 aliphatic carbocycles. The zero-order valence-electron chi connectivity index (χ0n) is 17.9. The molecule has 2 aromatic rings. The quantitative estimate of drug-likeness (QED) is 0.643. The number of carbonyl (C=O) groups is 1. The van der Waals surface area contributed by atoms with Crippen molar-refractivity contribution in [1.82, 2.24) is 4.31 Å². The Morgan fingerprint density at radius 2 is 1.66 bits per heavy atom. The van der Waals surface area contributed by atoms with Gasteiger partial charge in [0.1, 0.15) is 5.82 Å². The van der Waals surface area contributed by atoms with E-state index in [1.54, 1.807) is 12.1 Å². The number of amides is 1. The first-order chi connectivity index (χ1) is 15.2. The van der Waals surface area contributed by atoms with Gasteiger partial charge < -0.3 is 19.5 Å². The molecule has 11 heteroatoms. The number of halogens is 2. The number of hydrogen-bond acceptors (Lipinski definition) is 6. The third-order valence-corrected chi connectivity index (χ3v) is 7.47. The zero-order valence-corrected chi connectivity index (χ0v) is 19.4. The van der Waals surface area contributed by atoms with Crippen LogP contribution < -0.4 is 19.5 Å². The molecule has 0 atom stereocenters. The second-order valence-corrected chi connectivity index (χ2v) is 9.50. The Balaban J connectivity index is 1.67. The number of nitrogens with one attached hydrogen (secondary N) is 1. The Morgan fingerprint density at radius 3 is 2.16 bits per heavy atom. The highest BCUT2D eigenvalue weighted by atomic mass is 35.5. The molecule has 0 aromatic heterocycles. The van der Waals surface area contributed by atoms with Crippen molar-refractivity contribution in [2.24, 2.45) is 5.92 Å². The van der Waals surface area contributed by atoms with Crippen molar-refractivity contribution in [3.63, 3.8) is 0 Å². The summed E-state index contributed by atoms with van der Waals surface area (Å²) in [7, 11) is 0.614. The molecule has 1 N–H and O–H groups in total. The van der Waals surface area contributed by atoms with Crippen LogP contribution in [0.2, 0.25) is 5.02 Å². The van der Waals surface area contributed by atoms with Crippen LogP contribution in [-0.2, 0) is 14.8 Å². The van der Waals surface area contributed by atoms with Crippen molar-refractivity contribution >= 4 is 33.2 Å². The molecule has 174 valence electrons. The molecule has 0 spiro atoms. The molecule has 0 radical (unpaired) electrons. The third-order valence-electron chi connectivity index (χ3n) is 5.29. The summed E-state index contributed by atoms with van der Waals surface area (Å²) in [6, 6.07) is 6.54. The number of methoxy groups -OCH3 is 3. The Hall–Kier alpha value is -2.56. The van der Waals surface area contributed by atoms with Gasteiger partial charge in [-0.1, -0.05) is 11.6 Å². The first kappa shape index (κ1) is 24.1. The second-order valence-electron chi connectivity index (χ2n) is 7.16. The molecular weight excluding hydrogens is 463 g/mol. The molecule has 1 saturated heterocycles. The van der Waals surface area contributed by atoms with Crippen molar-refractivity contribution in [1.29, 1.82) is 0 Å². The summed E-state index contributed by atoms with van der Waals surface area (Å²) < 4.78 is 56.2. The van der Waals surface area contributed by atoms with E-state index in [1.165, 1.54) is 31.7 Å². The van der Waals surface area contributed by atoms with Crippen molar-refractivity contribution in [2.45, 2.75) is 17.7 Å². The number of piperidine rings is 1. The number of benzene rings is 2. The van der Waals surface area contributed by atoms with E-state index < -0.39 is 15.8 Å². The van der Waals surface area contributed by atoms with Crippen LogP contribution in [0.4, 0.5) is 10.1 Å². The first-order valence-electron chi connectivity index (χ1n) is 9.77. The molecule has 1 heterocycles. The molecule has 2 aromatic carbocycles. The molecule has 32 heavy (non-hydrogen) atoms. The summed E-state index contributed by atoms with van der Waals surface area (Å²) in [5.74, 6) is -0.0827. The van der Waals surface area contributed by atoms with Crippen molar-refractivity contribution in [3.8, 4) is 17.2 Å². The lowest BCUT2D eigenvalue weighted by Gasteiger charge is -2.30. The normalized spacial score (nSPS) is 15.3. The minimum atomic E-state index is -3.83. The van der Waals surface area contributed by atoms with Gasteiger partial charge in [-0.25, -0.2) is 12.8 Å². The number of anilines is 1. The predicted molar refractivity (Wildman–Crippen MR) is 118 cm³/mol. The standard InChI is InChI=1S/C21H24ClFN2O6S/c1-29-18-10-14(11-19(30-2)20(18)31-3)24-21(26)13-6-8-25(9-7-13)32(27,28)15-4-5-17(23)16(22)12-15/h4-5,10-13H,6-9H2,1-3H3,(H,24,26). The Bertz CT molecular complexity index is 1080. The lowest BCUT2D eigenvalue weighted by Crippen LogP contribution is -2.41. The van der Waals surface area contributed by atoms with Gasteiger partial charge in [-0.15, -0.1) is 0 Å². The Kier molecular flexibility index (Phi) is 7.47. The van der Waals surface area contributed by atoms with E-state index in [4.69, 9.17) is 25.8 Å². The highest BCUT2D eigenvalue weighted by Gasteiger charge is 2.32. The Morgan fingerprint density at radius 1 is 1.06 bits per heavy atom. The maximum atomic E-state index is 13.4. The SMILES string of the molecule is COc1cc(NC(=O)C2CCN(S(=O)(=O)c3ccc(F)c(Cl)c3)CC2)cc(OC)c1OC. The molecule has 1 aliphatic heterocycles. The summed E-state index contributed by atoms with van der Waals surface area (Å²) in [4.78, 5) is 12.7. The van der Waals surface area contributed by atoms with E-state index in [9.17, 15) is 17.6 Å². The third kappa shape index (κ3) is 4.92. The van der Waals surface area contributed by atoms with Crippen molar-refractivity contribution in [3.05, 3.63) is 41.2 Å². The molecule has 1 fully saturated rings. The lowest BCUT2D eigenvalue weighted by molar-refractivity contribution is -0.120. The monoisotopic (exact) mass is 486 g/mol. The number of ether oxygens (including phenoxy) is 3. The van der Waals surface area contributed by atoms with Gasteiger partial charge in [0, 0.05) is 36.8 Å². The van der Waals surface area contributed by atoms with Gasteiger partial charge in [-0.3, -0.25) is 4.79 Å². The van der Waals surface area contributed by atoms with Gasteiger partial charge in [0.2, 0.25) is 21.7 Å². The highest BCUT2D eigenvalue weighted by molar-refractivity contribution is 7.89. The van der Waals surface area contributed by atoms with Crippen LogP contribution in [0.5, 0.6) is 17.2 Å². The summed E-state index contributed by atoms with van der Waals surface area (Å²) in [6.07, 6.45) is 0.675. The smallest absolute Gasteiger partial charge is 0.243 e. The molecule has 0 saturated carbocycles. The number of hydrogen-bond donors (Lipinski definition) is 1. The maximum absolute atomic E-state index is 13.4. The van der Waals surface area contributed by atoms with Crippen molar-refractivity contribution < 1.29 is 31.8 Å². The molecule has 0 bridgehead atoms. The number of nitrogens with zero attached hydrogens (tertiary/aromatic N) is 1. The van der Waals surface area contributed by atoms with Crippen LogP contribution in [0.15, 0.2) is 35.2 Å². The molecule has 3 rings (SSSR count). The molecule has 1 aliphatic rings. The number of sulfonamides is 1.